The summed E-state index contributed by atoms with van der Waals surface area (Å²) >= 11 is 1.47. The summed E-state index contributed by atoms with van der Waals surface area (Å²) in [5.41, 5.74) is 4.54. The van der Waals surface area contributed by atoms with Crippen molar-refractivity contribution >= 4 is 54.2 Å². The maximum atomic E-state index is 14.4. The number of aryl methyl sites for hydroxylation is 1. The van der Waals surface area contributed by atoms with E-state index in [0.717, 1.165) is 65.5 Å². The van der Waals surface area contributed by atoms with Crippen LogP contribution < -0.4 is 19.7 Å². The van der Waals surface area contributed by atoms with Crippen LogP contribution in [0.5, 0.6) is 5.75 Å². The van der Waals surface area contributed by atoms with Crippen LogP contribution in [0, 0.1) is 24.5 Å². The van der Waals surface area contributed by atoms with Gasteiger partial charge in [0.05, 0.1) is 39.8 Å². The average Bonchev–Trinajstić information content (AvgIpc) is 3.54. The Kier molecular flexibility index (Phi) is 12.0. The second-order valence-electron chi connectivity index (χ2n) is 13.8. The minimum Gasteiger partial charge on any atom is -0.494 e. The Labute approximate surface area is 324 Å². The summed E-state index contributed by atoms with van der Waals surface area (Å²) in [5, 5.41) is 4.17. The van der Waals surface area contributed by atoms with Gasteiger partial charge in [-0.1, -0.05) is 32.0 Å². The van der Waals surface area contributed by atoms with Crippen LogP contribution in [0.15, 0.2) is 71.8 Å². The molecule has 2 N–H and O–H groups in total. The summed E-state index contributed by atoms with van der Waals surface area (Å²) in [6, 6.07) is 15.1. The Morgan fingerprint density at radius 2 is 1.65 bits per heavy atom. The van der Waals surface area contributed by atoms with Gasteiger partial charge >= 0.3 is 0 Å². The van der Waals surface area contributed by atoms with E-state index in [2.05, 4.69) is 38.7 Å². The molecule has 0 unspecified atom stereocenters. The summed E-state index contributed by atoms with van der Waals surface area (Å²) < 4.78 is 86.3. The predicted molar refractivity (Wildman–Crippen MR) is 214 cm³/mol. The normalized spacial score (nSPS) is 14.0. The molecular weight excluding hydrogens is 769 g/mol. The number of sulfonamides is 1. The fourth-order valence-corrected chi connectivity index (χ4v) is 9.35. The molecule has 17 heteroatoms. The Bertz CT molecular complexity index is 2380. The van der Waals surface area contributed by atoms with Crippen molar-refractivity contribution in [1.29, 1.82) is 0 Å². The van der Waals surface area contributed by atoms with Crippen molar-refractivity contribution in [3.8, 4) is 27.6 Å². The number of piperazine rings is 1. The third kappa shape index (κ3) is 9.76. The quantitative estimate of drug-likeness (QED) is 0.123. The standard InChI is InChI=1S/C38H43F2N7O5S3/c1-24(2)20-34-44-35(26-8-6-9-27(22-26)45-55(50,51)37-28(39)10-7-11-29(37)40)36(53-34)30-12-13-41-38(42-30)43-31-21-25(3)32(23-33(31)52-4)47-16-14-46(15-17-47)18-19-54(5,48)49/h6-13,21-24,45H,14-20H2,1-5H3,(H,41,42,43). The first-order valence-corrected chi connectivity index (χ1v) is 22.0. The highest BCUT2D eigenvalue weighted by Gasteiger charge is 2.25. The largest absolute Gasteiger partial charge is 0.494 e. The minimum atomic E-state index is -4.59. The maximum Gasteiger partial charge on any atom is 0.267 e. The SMILES string of the molecule is COc1cc(N2CCN(CCS(C)(=O)=O)CC2)c(C)cc1Nc1nccc(-c2sc(CC(C)C)nc2-c2cccc(NS(=O)(=O)c3c(F)cccc3F)c2)n1. The number of methoxy groups -OCH3 is 1. The molecule has 0 spiro atoms. The zero-order chi connectivity index (χ0) is 39.5. The number of hydrogen-bond acceptors (Lipinski definition) is 12. The Balaban J connectivity index is 1.26. The van der Waals surface area contributed by atoms with E-state index in [0.29, 0.717) is 53.2 Å². The molecular formula is C38H43F2N7O5S3. The molecule has 12 nitrogen and oxygen atoms in total. The highest BCUT2D eigenvalue weighted by Crippen LogP contribution is 2.39. The van der Waals surface area contributed by atoms with Crippen LogP contribution in [0.25, 0.3) is 21.8 Å². The van der Waals surface area contributed by atoms with Crippen LogP contribution in [-0.4, -0.2) is 88.5 Å². The number of thiazole rings is 1. The van der Waals surface area contributed by atoms with Gasteiger partial charge in [0.2, 0.25) is 5.95 Å². The molecule has 1 fully saturated rings. The van der Waals surface area contributed by atoms with Crippen LogP contribution in [0.4, 0.5) is 31.8 Å². The number of sulfone groups is 1. The molecule has 1 saturated heterocycles. The lowest BCUT2D eigenvalue weighted by atomic mass is 10.1. The molecule has 292 valence electrons. The van der Waals surface area contributed by atoms with Crippen LogP contribution in [0.2, 0.25) is 0 Å². The Morgan fingerprint density at radius 3 is 2.33 bits per heavy atom. The molecule has 55 heavy (non-hydrogen) atoms. The van der Waals surface area contributed by atoms with Crippen molar-refractivity contribution in [3.63, 3.8) is 0 Å². The third-order valence-electron chi connectivity index (χ3n) is 8.97. The third-order valence-corrected chi connectivity index (χ3v) is 12.4. The van der Waals surface area contributed by atoms with Crippen LogP contribution in [0.3, 0.4) is 0 Å². The predicted octanol–water partition coefficient (Wildman–Crippen LogP) is 6.77. The molecule has 3 aromatic carbocycles. The molecule has 5 aromatic rings. The molecule has 3 heterocycles. The van der Waals surface area contributed by atoms with Gasteiger partial charge in [-0.25, -0.2) is 40.6 Å². The van der Waals surface area contributed by atoms with Gasteiger partial charge in [-0.15, -0.1) is 11.3 Å². The molecule has 0 aliphatic carbocycles. The van der Waals surface area contributed by atoms with E-state index < -0.39 is 36.4 Å². The van der Waals surface area contributed by atoms with Gasteiger partial charge in [0.1, 0.15) is 27.2 Å². The van der Waals surface area contributed by atoms with Gasteiger partial charge in [0.15, 0.2) is 4.90 Å². The monoisotopic (exact) mass is 811 g/mol. The number of halogens is 2. The lowest BCUT2D eigenvalue weighted by molar-refractivity contribution is 0.272. The molecule has 0 radical (unpaired) electrons. The summed E-state index contributed by atoms with van der Waals surface area (Å²) in [4.78, 5) is 18.4. The maximum absolute atomic E-state index is 14.4. The molecule has 0 amide bonds. The van der Waals surface area contributed by atoms with E-state index in [9.17, 15) is 25.6 Å². The zero-order valence-corrected chi connectivity index (χ0v) is 33.6. The lowest BCUT2D eigenvalue weighted by Gasteiger charge is -2.37. The first kappa shape index (κ1) is 40.0. The van der Waals surface area contributed by atoms with Crippen LogP contribution in [0.1, 0.15) is 24.4 Å². The molecule has 0 saturated carbocycles. The van der Waals surface area contributed by atoms with Gasteiger partial charge in [-0.3, -0.25) is 9.62 Å². The number of aromatic nitrogens is 3. The summed E-state index contributed by atoms with van der Waals surface area (Å²) in [5.74, 6) is -1.02. The van der Waals surface area contributed by atoms with E-state index in [4.69, 9.17) is 14.7 Å². The van der Waals surface area contributed by atoms with Crippen molar-refractivity contribution in [3.05, 3.63) is 89.1 Å². The van der Waals surface area contributed by atoms with Crippen LogP contribution in [-0.2, 0) is 26.3 Å². The first-order chi connectivity index (χ1) is 26.1. The second kappa shape index (κ2) is 16.6. The molecule has 6 rings (SSSR count). The molecule has 0 atom stereocenters. The molecule has 0 bridgehead atoms. The van der Waals surface area contributed by atoms with Gasteiger partial charge in [-0.2, -0.15) is 0 Å². The first-order valence-electron chi connectivity index (χ1n) is 17.6. The van der Waals surface area contributed by atoms with Crippen molar-refractivity contribution < 1.29 is 30.4 Å². The van der Waals surface area contributed by atoms with Crippen molar-refractivity contribution in [2.24, 2.45) is 5.92 Å². The zero-order valence-electron chi connectivity index (χ0n) is 31.1. The number of rotatable bonds is 14. The summed E-state index contributed by atoms with van der Waals surface area (Å²) in [6.07, 6.45) is 3.60. The van der Waals surface area contributed by atoms with Gasteiger partial charge in [0.25, 0.3) is 10.0 Å². The Morgan fingerprint density at radius 1 is 0.945 bits per heavy atom. The number of benzene rings is 3. The van der Waals surface area contributed by atoms with E-state index in [1.165, 1.54) is 23.7 Å². The second-order valence-corrected chi connectivity index (χ2v) is 18.8. The number of hydrogen-bond donors (Lipinski definition) is 2. The van der Waals surface area contributed by atoms with Crippen molar-refractivity contribution in [1.82, 2.24) is 19.9 Å². The fraction of sp³-hybridized carbons (Fsp3) is 0.342. The van der Waals surface area contributed by atoms with Gasteiger partial charge in [0, 0.05) is 74.6 Å². The molecule has 2 aromatic heterocycles. The molecule has 1 aliphatic rings. The van der Waals surface area contributed by atoms with Crippen molar-refractivity contribution in [2.45, 2.75) is 32.1 Å². The fourth-order valence-electron chi connectivity index (χ4n) is 6.30. The van der Waals surface area contributed by atoms with Crippen LogP contribution >= 0.6 is 11.3 Å². The van der Waals surface area contributed by atoms with E-state index in [1.807, 2.05) is 19.1 Å². The highest BCUT2D eigenvalue weighted by atomic mass is 32.2. The minimum absolute atomic E-state index is 0.106. The smallest absolute Gasteiger partial charge is 0.267 e. The lowest BCUT2D eigenvalue weighted by Crippen LogP contribution is -2.47. The van der Waals surface area contributed by atoms with E-state index >= 15 is 0 Å². The number of ether oxygens (including phenoxy) is 1. The summed E-state index contributed by atoms with van der Waals surface area (Å²) in [6.45, 7) is 9.73. The molecule has 1 aliphatic heterocycles. The highest BCUT2D eigenvalue weighted by molar-refractivity contribution is 7.92. The van der Waals surface area contributed by atoms with Crippen molar-refractivity contribution in [2.75, 3.05) is 66.8 Å². The summed E-state index contributed by atoms with van der Waals surface area (Å²) in [7, 11) is -6.01. The van der Waals surface area contributed by atoms with Gasteiger partial charge in [-0.05, 0) is 54.8 Å². The van der Waals surface area contributed by atoms with E-state index in [-0.39, 0.29) is 11.4 Å². The topological polar surface area (TPSA) is 147 Å². The van der Waals surface area contributed by atoms with E-state index in [1.54, 1.807) is 37.6 Å². The number of nitrogens with one attached hydrogen (secondary N) is 2. The van der Waals surface area contributed by atoms with Gasteiger partial charge < -0.3 is 15.0 Å². The average molecular weight is 812 g/mol. The Hall–Kier alpha value is -4.71. The number of nitrogens with zero attached hydrogens (tertiary/aromatic N) is 5. The number of anilines is 4.